The van der Waals surface area contributed by atoms with E-state index < -0.39 is 43.6 Å². The Balaban J connectivity index is 3.94. The van der Waals surface area contributed by atoms with E-state index >= 15 is 0 Å². The van der Waals surface area contributed by atoms with Gasteiger partial charge in [-0.15, -0.1) is 0 Å². The van der Waals surface area contributed by atoms with Gasteiger partial charge in [0.1, 0.15) is 18.3 Å². The molecule has 0 aromatic rings. The highest BCUT2D eigenvalue weighted by atomic mass is 16.6. The normalized spacial score (nSPS) is 16.4. The van der Waals surface area contributed by atoms with Crippen molar-refractivity contribution in [2.24, 2.45) is 0 Å². The Kier molecular flexibility index (Phi) is 14.2. The predicted molar refractivity (Wildman–Crippen MR) is 89.3 cm³/mol. The first-order valence-corrected chi connectivity index (χ1v) is 8.93. The summed E-state index contributed by atoms with van der Waals surface area (Å²) in [6, 6.07) is 0. The molecular weight excluding hydrogens is 316 g/mol. The molecule has 0 rings (SSSR count). The first kappa shape index (κ1) is 23.3. The van der Waals surface area contributed by atoms with Gasteiger partial charge in [-0.05, 0) is 6.42 Å². The smallest absolute Gasteiger partial charge is 0.306 e. The average molecular weight is 350 g/mol. The van der Waals surface area contributed by atoms with Crippen molar-refractivity contribution in [3.8, 4) is 0 Å². The van der Waals surface area contributed by atoms with Gasteiger partial charge in [0.05, 0.1) is 13.2 Å². The molecule has 7 nitrogen and oxygen atoms in total. The molecule has 0 aromatic heterocycles. The van der Waals surface area contributed by atoms with Crippen molar-refractivity contribution in [2.45, 2.75) is 89.1 Å². The summed E-state index contributed by atoms with van der Waals surface area (Å²) in [5.74, 6) is -0.565. The zero-order valence-electron chi connectivity index (χ0n) is 14.6. The molecule has 0 saturated carbocycles. The van der Waals surface area contributed by atoms with Gasteiger partial charge in [0, 0.05) is 6.42 Å². The maximum absolute atomic E-state index is 11.7. The number of hydrogen-bond acceptors (Lipinski definition) is 7. The van der Waals surface area contributed by atoms with Crippen LogP contribution in [0, 0.1) is 0 Å². The molecule has 0 fully saturated rings. The summed E-state index contributed by atoms with van der Waals surface area (Å²) in [6.45, 7) is 0.744. The molecule has 0 aliphatic rings. The van der Waals surface area contributed by atoms with Gasteiger partial charge in [-0.1, -0.05) is 51.9 Å². The molecule has 24 heavy (non-hydrogen) atoms. The Hall–Kier alpha value is -0.730. The van der Waals surface area contributed by atoms with E-state index in [4.69, 9.17) is 14.9 Å². The summed E-state index contributed by atoms with van der Waals surface area (Å²) < 4.78 is 4.95. The molecule has 0 aliphatic heterocycles. The molecule has 0 saturated heterocycles. The monoisotopic (exact) mass is 350 g/mol. The van der Waals surface area contributed by atoms with Crippen LogP contribution < -0.4 is 0 Å². The van der Waals surface area contributed by atoms with E-state index in [9.17, 15) is 20.1 Å². The number of aliphatic hydroxyl groups excluding tert-OH is 5. The van der Waals surface area contributed by atoms with E-state index in [0.717, 1.165) is 19.3 Å². The third-order valence-corrected chi connectivity index (χ3v) is 4.01. The van der Waals surface area contributed by atoms with Crippen molar-refractivity contribution in [3.63, 3.8) is 0 Å². The van der Waals surface area contributed by atoms with Gasteiger partial charge in [0.25, 0.3) is 0 Å². The molecule has 4 atom stereocenters. The number of carbonyl (C=O) groups is 1. The van der Waals surface area contributed by atoms with Crippen molar-refractivity contribution in [1.82, 2.24) is 0 Å². The van der Waals surface area contributed by atoms with Crippen LogP contribution in [0.25, 0.3) is 0 Å². The van der Waals surface area contributed by atoms with Crippen molar-refractivity contribution < 1.29 is 35.1 Å². The van der Waals surface area contributed by atoms with Crippen molar-refractivity contribution in [2.75, 3.05) is 13.2 Å². The molecule has 5 N–H and O–H groups in total. The van der Waals surface area contributed by atoms with Crippen LogP contribution in [0.2, 0.25) is 0 Å². The van der Waals surface area contributed by atoms with E-state index in [2.05, 4.69) is 6.92 Å². The maximum atomic E-state index is 11.7. The quantitative estimate of drug-likeness (QED) is 0.215. The minimum absolute atomic E-state index is 0.177. The molecule has 0 aromatic carbocycles. The Morgan fingerprint density at radius 2 is 1.38 bits per heavy atom. The lowest BCUT2D eigenvalue weighted by Gasteiger charge is -2.27. The van der Waals surface area contributed by atoms with E-state index in [-0.39, 0.29) is 6.42 Å². The van der Waals surface area contributed by atoms with E-state index in [1.807, 2.05) is 0 Å². The third-order valence-electron chi connectivity index (χ3n) is 4.01. The molecule has 0 aliphatic carbocycles. The highest BCUT2D eigenvalue weighted by Crippen LogP contribution is 2.12. The van der Waals surface area contributed by atoms with Crippen LogP contribution >= 0.6 is 0 Å². The number of carbonyl (C=O) groups excluding carboxylic acids is 1. The summed E-state index contributed by atoms with van der Waals surface area (Å²) in [7, 11) is 0. The minimum Gasteiger partial charge on any atom is -0.457 e. The second-order valence-electron chi connectivity index (χ2n) is 6.17. The number of aliphatic hydroxyl groups is 5. The molecule has 0 bridgehead atoms. The molecule has 144 valence electrons. The van der Waals surface area contributed by atoms with Gasteiger partial charge >= 0.3 is 5.97 Å². The van der Waals surface area contributed by atoms with Gasteiger partial charge in [-0.25, -0.2) is 0 Å². The van der Waals surface area contributed by atoms with E-state index in [1.54, 1.807) is 0 Å². The summed E-state index contributed by atoms with van der Waals surface area (Å²) in [6.07, 6.45) is 2.63. The highest BCUT2D eigenvalue weighted by Gasteiger charge is 2.33. The van der Waals surface area contributed by atoms with Crippen LogP contribution in [0.1, 0.15) is 64.7 Å². The second-order valence-corrected chi connectivity index (χ2v) is 6.17. The summed E-state index contributed by atoms with van der Waals surface area (Å²) in [5.41, 5.74) is 0. The lowest BCUT2D eigenvalue weighted by atomic mass is 10.0. The topological polar surface area (TPSA) is 127 Å². The largest absolute Gasteiger partial charge is 0.457 e. The highest BCUT2D eigenvalue weighted by molar-refractivity contribution is 5.69. The number of esters is 1. The first-order chi connectivity index (χ1) is 11.5. The lowest BCUT2D eigenvalue weighted by Crippen LogP contribution is -2.48. The van der Waals surface area contributed by atoms with Crippen LogP contribution in [0.3, 0.4) is 0 Å². The van der Waals surface area contributed by atoms with Gasteiger partial charge in [0.15, 0.2) is 6.10 Å². The van der Waals surface area contributed by atoms with Gasteiger partial charge in [-0.2, -0.15) is 0 Å². The molecule has 0 radical (unpaired) electrons. The molecule has 0 amide bonds. The Bertz CT molecular complexity index is 311. The van der Waals surface area contributed by atoms with Crippen molar-refractivity contribution in [1.29, 1.82) is 0 Å². The van der Waals surface area contributed by atoms with Gasteiger partial charge < -0.3 is 30.3 Å². The van der Waals surface area contributed by atoms with Crippen molar-refractivity contribution in [3.05, 3.63) is 0 Å². The number of unbranched alkanes of at least 4 members (excludes halogenated alkanes) is 7. The summed E-state index contributed by atoms with van der Waals surface area (Å²) in [5, 5.41) is 46.5. The number of rotatable bonds is 15. The SMILES string of the molecule is CCCCCCCCCCC(=O)O[C@H](CO)[C@@H](O)[C@H](O)[C@H](O)CO. The third kappa shape index (κ3) is 10.2. The maximum Gasteiger partial charge on any atom is 0.306 e. The summed E-state index contributed by atoms with van der Waals surface area (Å²) >= 11 is 0. The summed E-state index contributed by atoms with van der Waals surface area (Å²) in [4.78, 5) is 11.7. The Morgan fingerprint density at radius 3 is 1.88 bits per heavy atom. The molecule has 7 heteroatoms. The Labute approximate surface area is 144 Å². The van der Waals surface area contributed by atoms with Gasteiger partial charge in [-0.3, -0.25) is 4.79 Å². The first-order valence-electron chi connectivity index (χ1n) is 8.93. The lowest BCUT2D eigenvalue weighted by molar-refractivity contribution is -0.171. The second kappa shape index (κ2) is 14.6. The predicted octanol–water partition coefficient (Wildman–Crippen LogP) is 0.496. The molecular formula is C17H34O7. The van der Waals surface area contributed by atoms with Crippen LogP contribution in [-0.2, 0) is 9.53 Å². The van der Waals surface area contributed by atoms with E-state index in [0.29, 0.717) is 6.42 Å². The standard InChI is InChI=1S/C17H34O7/c1-2-3-4-5-6-7-8-9-10-15(21)24-14(12-19)17(23)16(22)13(20)11-18/h13-14,16-20,22-23H,2-12H2,1H3/t13-,14-,16-,17-/m1/s1. The molecule has 0 heterocycles. The van der Waals surface area contributed by atoms with E-state index in [1.165, 1.54) is 25.7 Å². The fourth-order valence-corrected chi connectivity index (χ4v) is 2.40. The van der Waals surface area contributed by atoms with Crippen molar-refractivity contribution >= 4 is 5.97 Å². The van der Waals surface area contributed by atoms with Crippen LogP contribution in [0.5, 0.6) is 0 Å². The minimum atomic E-state index is -1.71. The van der Waals surface area contributed by atoms with Gasteiger partial charge in [0.2, 0.25) is 0 Å². The Morgan fingerprint density at radius 1 is 0.833 bits per heavy atom. The van der Waals surface area contributed by atoms with Crippen LogP contribution in [0.4, 0.5) is 0 Å². The zero-order chi connectivity index (χ0) is 18.4. The fraction of sp³-hybridized carbons (Fsp3) is 0.941. The average Bonchev–Trinajstić information content (AvgIpc) is 2.59. The molecule has 0 unspecified atom stereocenters. The van der Waals surface area contributed by atoms with Crippen LogP contribution in [-0.4, -0.2) is 69.1 Å². The van der Waals surface area contributed by atoms with Crippen LogP contribution in [0.15, 0.2) is 0 Å². The molecule has 0 spiro atoms. The fourth-order valence-electron chi connectivity index (χ4n) is 2.40. The number of ether oxygens (including phenoxy) is 1. The zero-order valence-corrected chi connectivity index (χ0v) is 14.6. The number of hydrogen-bond donors (Lipinski definition) is 5.